The number of rotatable bonds is 4. The van der Waals surface area contributed by atoms with Gasteiger partial charge in [0, 0.05) is 5.56 Å². The topological polar surface area (TPSA) is 35.5 Å². The van der Waals surface area contributed by atoms with Crippen LogP contribution in [0.15, 0.2) is 24.3 Å². The van der Waals surface area contributed by atoms with Crippen molar-refractivity contribution in [3.63, 3.8) is 0 Å². The monoisotopic (exact) mass is 258 g/mol. The lowest BCUT2D eigenvalue weighted by Crippen LogP contribution is -2.25. The molecule has 2 heterocycles. The molecule has 3 fully saturated rings. The van der Waals surface area contributed by atoms with Gasteiger partial charge in [-0.1, -0.05) is 0 Å². The van der Waals surface area contributed by atoms with Gasteiger partial charge in [-0.25, -0.2) is 0 Å². The summed E-state index contributed by atoms with van der Waals surface area (Å²) in [5.74, 6) is 1.20. The Morgan fingerprint density at radius 2 is 1.89 bits per heavy atom. The Hall–Kier alpha value is -1.35. The summed E-state index contributed by atoms with van der Waals surface area (Å²) in [6.07, 6.45) is 6.29. The maximum absolute atomic E-state index is 12.5. The summed E-state index contributed by atoms with van der Waals surface area (Å²) in [6.45, 7) is 0. The first-order chi connectivity index (χ1) is 9.29. The molecule has 1 aliphatic carbocycles. The lowest BCUT2D eigenvalue weighted by atomic mass is 9.84. The van der Waals surface area contributed by atoms with Gasteiger partial charge in [0.1, 0.15) is 5.75 Å². The number of Topliss-reactive ketones (excluding diaryl/α,β-unsaturated/α-hetero) is 1. The molecule has 1 aromatic carbocycles. The second kappa shape index (κ2) is 4.34. The number of carbonyl (C=O) groups is 1. The summed E-state index contributed by atoms with van der Waals surface area (Å²) in [7, 11) is 0. The van der Waals surface area contributed by atoms with Gasteiger partial charge in [-0.3, -0.25) is 4.79 Å². The molecule has 1 saturated carbocycles. The maximum atomic E-state index is 12.5. The molecular formula is C16H18O3. The molecule has 0 aromatic heterocycles. The highest BCUT2D eigenvalue weighted by Gasteiger charge is 2.44. The fourth-order valence-electron chi connectivity index (χ4n) is 3.20. The largest absolute Gasteiger partial charge is 0.490 e. The van der Waals surface area contributed by atoms with E-state index in [2.05, 4.69) is 0 Å². The van der Waals surface area contributed by atoms with Crippen LogP contribution in [0.5, 0.6) is 5.75 Å². The van der Waals surface area contributed by atoms with Gasteiger partial charge in [-0.15, -0.1) is 0 Å². The Morgan fingerprint density at radius 1 is 1.11 bits per heavy atom. The molecule has 19 heavy (non-hydrogen) atoms. The van der Waals surface area contributed by atoms with Gasteiger partial charge in [0.05, 0.1) is 24.2 Å². The van der Waals surface area contributed by atoms with Crippen LogP contribution in [-0.4, -0.2) is 24.1 Å². The van der Waals surface area contributed by atoms with Crippen molar-refractivity contribution in [3.05, 3.63) is 29.8 Å². The summed E-state index contributed by atoms with van der Waals surface area (Å²) in [4.78, 5) is 12.5. The fraction of sp³-hybridized carbons (Fsp3) is 0.562. The standard InChI is InChI=1S/C16H18O3/c17-16(14-9-13-7-8-15(14)19-13)10-1-3-11(4-2-10)18-12-5-6-12/h1-4,12-15H,5-9H2. The van der Waals surface area contributed by atoms with E-state index in [1.165, 1.54) is 0 Å². The van der Waals surface area contributed by atoms with Crippen molar-refractivity contribution in [2.24, 2.45) is 5.92 Å². The normalized spacial score (nSPS) is 32.5. The lowest BCUT2D eigenvalue weighted by molar-refractivity contribution is 0.0743. The van der Waals surface area contributed by atoms with Crippen LogP contribution in [-0.2, 0) is 4.74 Å². The van der Waals surface area contributed by atoms with Gasteiger partial charge >= 0.3 is 0 Å². The fourth-order valence-corrected chi connectivity index (χ4v) is 3.20. The Balaban J connectivity index is 1.47. The zero-order valence-corrected chi connectivity index (χ0v) is 10.9. The zero-order chi connectivity index (χ0) is 12.8. The highest BCUT2D eigenvalue weighted by atomic mass is 16.5. The van der Waals surface area contributed by atoms with Crippen LogP contribution in [0.3, 0.4) is 0 Å². The molecule has 2 saturated heterocycles. The number of ether oxygens (including phenoxy) is 2. The first-order valence-corrected chi connectivity index (χ1v) is 7.26. The number of benzene rings is 1. The predicted molar refractivity (Wildman–Crippen MR) is 70.4 cm³/mol. The third kappa shape index (κ3) is 2.16. The van der Waals surface area contributed by atoms with E-state index in [1.807, 2.05) is 24.3 Å². The van der Waals surface area contributed by atoms with Crippen LogP contribution in [0.25, 0.3) is 0 Å². The summed E-state index contributed by atoms with van der Waals surface area (Å²) in [5.41, 5.74) is 0.796. The Labute approximate surface area is 112 Å². The van der Waals surface area contributed by atoms with Gasteiger partial charge in [-0.2, -0.15) is 0 Å². The van der Waals surface area contributed by atoms with E-state index >= 15 is 0 Å². The van der Waals surface area contributed by atoms with Crippen molar-refractivity contribution in [3.8, 4) is 5.75 Å². The SMILES string of the molecule is O=C(c1ccc(OC2CC2)cc1)C1CC2CCC1O2. The number of hydrogen-bond acceptors (Lipinski definition) is 3. The molecule has 0 radical (unpaired) electrons. The van der Waals surface area contributed by atoms with E-state index in [4.69, 9.17) is 9.47 Å². The highest BCUT2D eigenvalue weighted by molar-refractivity contribution is 5.98. The third-order valence-electron chi connectivity index (χ3n) is 4.41. The smallest absolute Gasteiger partial charge is 0.168 e. The van der Waals surface area contributed by atoms with E-state index in [9.17, 15) is 4.79 Å². The van der Waals surface area contributed by atoms with Crippen molar-refractivity contribution in [2.45, 2.75) is 50.4 Å². The average Bonchev–Trinajstić information content (AvgIpc) is 3.01. The molecule has 4 rings (SSSR count). The van der Waals surface area contributed by atoms with Crippen molar-refractivity contribution in [1.29, 1.82) is 0 Å². The second-order valence-corrected chi connectivity index (χ2v) is 5.92. The van der Waals surface area contributed by atoms with E-state index < -0.39 is 0 Å². The summed E-state index contributed by atoms with van der Waals surface area (Å²) < 4.78 is 11.5. The number of ketones is 1. The number of carbonyl (C=O) groups excluding carboxylic acids is 1. The van der Waals surface area contributed by atoms with E-state index in [0.29, 0.717) is 12.2 Å². The van der Waals surface area contributed by atoms with Crippen LogP contribution in [0, 0.1) is 5.92 Å². The minimum atomic E-state index is 0.0777. The van der Waals surface area contributed by atoms with Crippen LogP contribution < -0.4 is 4.74 Å². The van der Waals surface area contributed by atoms with Gasteiger partial charge < -0.3 is 9.47 Å². The van der Waals surface area contributed by atoms with Crippen molar-refractivity contribution < 1.29 is 14.3 Å². The van der Waals surface area contributed by atoms with Gasteiger partial charge in [0.2, 0.25) is 0 Å². The average molecular weight is 258 g/mol. The molecule has 3 atom stereocenters. The Bertz CT molecular complexity index is 489. The third-order valence-corrected chi connectivity index (χ3v) is 4.41. The Morgan fingerprint density at radius 3 is 2.47 bits per heavy atom. The van der Waals surface area contributed by atoms with E-state index in [1.54, 1.807) is 0 Å². The first kappa shape index (κ1) is 11.5. The molecule has 100 valence electrons. The van der Waals surface area contributed by atoms with Crippen LogP contribution >= 0.6 is 0 Å². The second-order valence-electron chi connectivity index (χ2n) is 5.92. The molecule has 0 N–H and O–H groups in total. The number of hydrogen-bond donors (Lipinski definition) is 0. The van der Waals surface area contributed by atoms with E-state index in [-0.39, 0.29) is 17.8 Å². The first-order valence-electron chi connectivity index (χ1n) is 7.26. The molecule has 0 amide bonds. The summed E-state index contributed by atoms with van der Waals surface area (Å²) >= 11 is 0. The zero-order valence-electron chi connectivity index (χ0n) is 10.9. The lowest BCUT2D eigenvalue weighted by Gasteiger charge is -2.17. The predicted octanol–water partition coefficient (Wildman–Crippen LogP) is 2.98. The molecule has 2 bridgehead atoms. The number of fused-ring (bicyclic) bond motifs is 2. The molecule has 1 aromatic rings. The van der Waals surface area contributed by atoms with Crippen molar-refractivity contribution >= 4 is 5.78 Å². The molecule has 3 heteroatoms. The highest BCUT2D eigenvalue weighted by Crippen LogP contribution is 2.40. The molecule has 2 aliphatic heterocycles. The van der Waals surface area contributed by atoms with Gasteiger partial charge in [0.25, 0.3) is 0 Å². The Kier molecular flexibility index (Phi) is 2.62. The van der Waals surface area contributed by atoms with Gasteiger partial charge in [0.15, 0.2) is 5.78 Å². The molecule has 3 nitrogen and oxygen atoms in total. The van der Waals surface area contributed by atoms with Gasteiger partial charge in [-0.05, 0) is 56.4 Å². The van der Waals surface area contributed by atoms with Crippen LogP contribution in [0.1, 0.15) is 42.5 Å². The van der Waals surface area contributed by atoms with Crippen molar-refractivity contribution in [2.75, 3.05) is 0 Å². The molecule has 3 aliphatic rings. The summed E-state index contributed by atoms with van der Waals surface area (Å²) in [6, 6.07) is 7.62. The summed E-state index contributed by atoms with van der Waals surface area (Å²) in [5, 5.41) is 0. The minimum absolute atomic E-state index is 0.0777. The molecule has 3 unspecified atom stereocenters. The minimum Gasteiger partial charge on any atom is -0.490 e. The quantitative estimate of drug-likeness (QED) is 0.779. The maximum Gasteiger partial charge on any atom is 0.168 e. The van der Waals surface area contributed by atoms with E-state index in [0.717, 1.165) is 43.4 Å². The van der Waals surface area contributed by atoms with Crippen LogP contribution in [0.4, 0.5) is 0 Å². The molecular weight excluding hydrogens is 240 g/mol. The molecule has 0 spiro atoms. The van der Waals surface area contributed by atoms with Crippen LogP contribution in [0.2, 0.25) is 0 Å². The van der Waals surface area contributed by atoms with Crippen molar-refractivity contribution in [1.82, 2.24) is 0 Å².